The van der Waals surface area contributed by atoms with E-state index in [0.717, 1.165) is 0 Å². The van der Waals surface area contributed by atoms with E-state index in [1.54, 1.807) is 12.1 Å². The van der Waals surface area contributed by atoms with Gasteiger partial charge in [-0.25, -0.2) is 0 Å². The van der Waals surface area contributed by atoms with Crippen LogP contribution in [0.4, 0.5) is 11.4 Å². The van der Waals surface area contributed by atoms with Gasteiger partial charge in [0.05, 0.1) is 0 Å². The van der Waals surface area contributed by atoms with Crippen LogP contribution in [0.15, 0.2) is 18.2 Å². The van der Waals surface area contributed by atoms with E-state index in [1.807, 2.05) is 0 Å². The Morgan fingerprint density at radius 3 is 2.40 bits per heavy atom. The van der Waals surface area contributed by atoms with Crippen LogP contribution < -0.4 is 22.1 Å². The largest absolute Gasteiger partial charge is 0.383 e. The number of anilines is 2. The molecular formula is C11H14Cl4N4O. The SMILES string of the molecule is NCC(N)CNc1cc(Cl)cc(NC(=O)C(Cl)(Cl)Cl)c1. The van der Waals surface area contributed by atoms with Gasteiger partial charge in [-0.15, -0.1) is 0 Å². The zero-order chi connectivity index (χ0) is 15.3. The molecule has 0 radical (unpaired) electrons. The Morgan fingerprint density at radius 2 is 1.85 bits per heavy atom. The van der Waals surface area contributed by atoms with Crippen LogP contribution in [0, 0.1) is 0 Å². The highest BCUT2D eigenvalue weighted by molar-refractivity contribution is 6.76. The minimum Gasteiger partial charge on any atom is -0.383 e. The van der Waals surface area contributed by atoms with Crippen molar-refractivity contribution in [3.05, 3.63) is 23.2 Å². The van der Waals surface area contributed by atoms with Gasteiger partial charge in [-0.2, -0.15) is 0 Å². The van der Waals surface area contributed by atoms with Gasteiger partial charge in [0.25, 0.3) is 9.70 Å². The summed E-state index contributed by atoms with van der Waals surface area (Å²) in [4.78, 5) is 11.6. The fourth-order valence-corrected chi connectivity index (χ4v) is 1.67. The fraction of sp³-hybridized carbons (Fsp3) is 0.364. The van der Waals surface area contributed by atoms with E-state index in [9.17, 15) is 4.79 Å². The summed E-state index contributed by atoms with van der Waals surface area (Å²) in [5.41, 5.74) is 12.2. The molecule has 20 heavy (non-hydrogen) atoms. The number of hydrogen-bond donors (Lipinski definition) is 4. The molecule has 1 amide bonds. The first-order valence-electron chi connectivity index (χ1n) is 5.60. The fourth-order valence-electron chi connectivity index (χ4n) is 1.30. The topological polar surface area (TPSA) is 93.2 Å². The Bertz CT molecular complexity index is 478. The Hall–Kier alpha value is -0.430. The highest BCUT2D eigenvalue weighted by Gasteiger charge is 2.30. The molecule has 0 aliphatic heterocycles. The highest BCUT2D eigenvalue weighted by Crippen LogP contribution is 2.29. The van der Waals surface area contributed by atoms with E-state index in [1.165, 1.54) is 6.07 Å². The molecular weight excluding hydrogens is 346 g/mol. The second-order valence-corrected chi connectivity index (χ2v) is 6.77. The van der Waals surface area contributed by atoms with Gasteiger partial charge in [-0.05, 0) is 18.2 Å². The van der Waals surface area contributed by atoms with Gasteiger partial charge >= 0.3 is 0 Å². The van der Waals surface area contributed by atoms with Gasteiger partial charge in [0.15, 0.2) is 0 Å². The average Bonchev–Trinajstić information content (AvgIpc) is 2.34. The molecule has 0 bridgehead atoms. The quantitative estimate of drug-likeness (QED) is 0.607. The third-order valence-corrected chi connectivity index (χ3v) is 3.02. The molecule has 1 atom stereocenters. The van der Waals surface area contributed by atoms with Crippen LogP contribution in [0.5, 0.6) is 0 Å². The molecule has 1 aromatic carbocycles. The van der Waals surface area contributed by atoms with Gasteiger partial charge in [0, 0.05) is 35.5 Å². The summed E-state index contributed by atoms with van der Waals surface area (Å²) in [6.07, 6.45) is 0. The molecule has 0 aromatic heterocycles. The Kier molecular flexibility index (Phi) is 6.64. The lowest BCUT2D eigenvalue weighted by Gasteiger charge is -2.15. The van der Waals surface area contributed by atoms with Crippen LogP contribution in [0.2, 0.25) is 5.02 Å². The molecule has 1 unspecified atom stereocenters. The maximum atomic E-state index is 11.6. The number of alkyl halides is 3. The average molecular weight is 360 g/mol. The summed E-state index contributed by atoms with van der Waals surface area (Å²) in [6, 6.07) is 4.66. The lowest BCUT2D eigenvalue weighted by molar-refractivity contribution is -0.115. The van der Waals surface area contributed by atoms with Gasteiger partial charge in [0.1, 0.15) is 0 Å². The zero-order valence-corrected chi connectivity index (χ0v) is 13.3. The van der Waals surface area contributed by atoms with E-state index in [0.29, 0.717) is 29.5 Å². The normalized spacial score (nSPS) is 12.9. The number of carbonyl (C=O) groups excluding carboxylic acids is 1. The molecule has 0 aliphatic carbocycles. The number of halogens is 4. The first-order chi connectivity index (χ1) is 9.22. The van der Waals surface area contributed by atoms with Crippen LogP contribution in [-0.2, 0) is 4.79 Å². The minimum atomic E-state index is -2.04. The van der Waals surface area contributed by atoms with Crippen molar-refractivity contribution in [1.29, 1.82) is 0 Å². The molecule has 1 rings (SSSR count). The van der Waals surface area contributed by atoms with Crippen LogP contribution in [0.3, 0.4) is 0 Å². The molecule has 0 aliphatic rings. The van der Waals surface area contributed by atoms with Gasteiger partial charge in [0.2, 0.25) is 0 Å². The molecule has 1 aromatic rings. The lowest BCUT2D eigenvalue weighted by atomic mass is 10.2. The van der Waals surface area contributed by atoms with Crippen molar-refractivity contribution < 1.29 is 4.79 Å². The van der Waals surface area contributed by atoms with Crippen molar-refractivity contribution in [2.75, 3.05) is 23.7 Å². The molecule has 0 heterocycles. The molecule has 9 heteroatoms. The van der Waals surface area contributed by atoms with Crippen molar-refractivity contribution in [3.63, 3.8) is 0 Å². The van der Waals surface area contributed by atoms with Crippen LogP contribution in [0.25, 0.3) is 0 Å². The predicted octanol–water partition coefficient (Wildman–Crippen LogP) is 2.35. The van der Waals surface area contributed by atoms with Crippen molar-refractivity contribution in [2.45, 2.75) is 9.83 Å². The second kappa shape index (κ2) is 7.54. The van der Waals surface area contributed by atoms with Crippen LogP contribution >= 0.6 is 46.4 Å². The number of hydrogen-bond acceptors (Lipinski definition) is 4. The van der Waals surface area contributed by atoms with Crippen molar-refractivity contribution in [3.8, 4) is 0 Å². The molecule has 112 valence electrons. The molecule has 5 nitrogen and oxygen atoms in total. The Labute approximate surface area is 136 Å². The minimum absolute atomic E-state index is 0.187. The van der Waals surface area contributed by atoms with Gasteiger partial charge in [-0.1, -0.05) is 46.4 Å². The van der Waals surface area contributed by atoms with E-state index in [2.05, 4.69) is 10.6 Å². The third-order valence-electron chi connectivity index (χ3n) is 2.28. The summed E-state index contributed by atoms with van der Waals surface area (Å²) < 4.78 is -2.04. The number of amides is 1. The first kappa shape index (κ1) is 17.6. The molecule has 6 N–H and O–H groups in total. The third kappa shape index (κ3) is 5.91. The van der Waals surface area contributed by atoms with E-state index in [4.69, 9.17) is 57.9 Å². The van der Waals surface area contributed by atoms with Crippen molar-refractivity contribution in [2.24, 2.45) is 11.5 Å². The zero-order valence-electron chi connectivity index (χ0n) is 10.3. The highest BCUT2D eigenvalue weighted by atomic mass is 35.6. The maximum absolute atomic E-state index is 11.6. The summed E-state index contributed by atoms with van der Waals surface area (Å²) in [5, 5.41) is 5.91. The second-order valence-electron chi connectivity index (χ2n) is 4.06. The monoisotopic (exact) mass is 358 g/mol. The first-order valence-corrected chi connectivity index (χ1v) is 7.12. The summed E-state index contributed by atoms with van der Waals surface area (Å²) in [7, 11) is 0. The molecule has 0 spiro atoms. The van der Waals surface area contributed by atoms with E-state index >= 15 is 0 Å². The summed E-state index contributed by atoms with van der Waals surface area (Å²) in [6.45, 7) is 0.819. The smallest absolute Gasteiger partial charge is 0.276 e. The molecule has 0 fully saturated rings. The van der Waals surface area contributed by atoms with Gasteiger partial charge < -0.3 is 22.1 Å². The summed E-state index contributed by atoms with van der Waals surface area (Å²) >= 11 is 22.4. The maximum Gasteiger partial charge on any atom is 0.276 e. The van der Waals surface area contributed by atoms with E-state index in [-0.39, 0.29) is 6.04 Å². The van der Waals surface area contributed by atoms with Gasteiger partial charge in [-0.3, -0.25) is 4.79 Å². The van der Waals surface area contributed by atoms with Crippen molar-refractivity contribution >= 4 is 63.7 Å². The predicted molar refractivity (Wildman–Crippen MR) is 85.9 cm³/mol. The number of benzene rings is 1. The van der Waals surface area contributed by atoms with E-state index < -0.39 is 9.70 Å². The van der Waals surface area contributed by atoms with Crippen molar-refractivity contribution in [1.82, 2.24) is 0 Å². The standard InChI is InChI=1S/C11H14Cl4N4O/c12-6-1-8(18-5-7(17)4-16)3-9(2-6)19-10(20)11(13,14)15/h1-3,7,18H,4-5,16-17H2,(H,19,20). The Morgan fingerprint density at radius 1 is 1.25 bits per heavy atom. The lowest BCUT2D eigenvalue weighted by Crippen LogP contribution is -2.36. The Balaban J connectivity index is 2.78. The van der Waals surface area contributed by atoms with Crippen LogP contribution in [-0.4, -0.2) is 28.8 Å². The number of nitrogens with one attached hydrogen (secondary N) is 2. The number of rotatable bonds is 5. The summed E-state index contributed by atoms with van der Waals surface area (Å²) in [5.74, 6) is -0.769. The molecule has 0 saturated carbocycles. The molecule has 0 saturated heterocycles. The number of nitrogens with two attached hydrogens (primary N) is 2. The number of carbonyl (C=O) groups is 1. The van der Waals surface area contributed by atoms with Crippen LogP contribution in [0.1, 0.15) is 0 Å².